The molecule has 1 aromatic carbocycles. The Hall–Kier alpha value is -1.06. The molecular formula is C15H24N2O. The van der Waals surface area contributed by atoms with Crippen LogP contribution >= 0.6 is 0 Å². The van der Waals surface area contributed by atoms with Gasteiger partial charge in [0.25, 0.3) is 0 Å². The van der Waals surface area contributed by atoms with Crippen molar-refractivity contribution in [3.63, 3.8) is 0 Å². The predicted molar refractivity (Wildman–Crippen MR) is 75.1 cm³/mol. The van der Waals surface area contributed by atoms with E-state index < -0.39 is 0 Å². The maximum atomic E-state index is 5.27. The van der Waals surface area contributed by atoms with Crippen molar-refractivity contribution >= 4 is 0 Å². The van der Waals surface area contributed by atoms with E-state index in [-0.39, 0.29) is 0 Å². The van der Waals surface area contributed by atoms with Crippen molar-refractivity contribution < 1.29 is 4.74 Å². The van der Waals surface area contributed by atoms with Crippen LogP contribution in [0.2, 0.25) is 0 Å². The first-order valence-corrected chi connectivity index (χ1v) is 6.86. The van der Waals surface area contributed by atoms with Gasteiger partial charge in [-0.1, -0.05) is 12.1 Å². The van der Waals surface area contributed by atoms with Crippen LogP contribution in [0, 0.1) is 6.92 Å². The summed E-state index contributed by atoms with van der Waals surface area (Å²) in [5.74, 6) is 0.968. The summed E-state index contributed by atoms with van der Waals surface area (Å²) in [6.45, 7) is 7.85. The average molecular weight is 248 g/mol. The van der Waals surface area contributed by atoms with E-state index in [0.717, 1.165) is 18.8 Å². The second-order valence-corrected chi connectivity index (χ2v) is 5.03. The lowest BCUT2D eigenvalue weighted by molar-refractivity contribution is 0.335. The molecule has 0 amide bonds. The minimum Gasteiger partial charge on any atom is -0.496 e. The van der Waals surface area contributed by atoms with Crippen molar-refractivity contribution in [1.29, 1.82) is 0 Å². The largest absolute Gasteiger partial charge is 0.496 e. The molecule has 0 aliphatic carbocycles. The van der Waals surface area contributed by atoms with E-state index in [2.05, 4.69) is 29.3 Å². The SMILES string of the molecule is COc1ccc(CNCCN2CCCC2)cc1C. The molecule has 3 nitrogen and oxygen atoms in total. The van der Waals surface area contributed by atoms with Crippen molar-refractivity contribution in [1.82, 2.24) is 10.2 Å². The summed E-state index contributed by atoms with van der Waals surface area (Å²) in [5, 5.41) is 3.51. The summed E-state index contributed by atoms with van der Waals surface area (Å²) < 4.78 is 5.27. The molecule has 100 valence electrons. The number of likely N-dealkylation sites (tertiary alicyclic amines) is 1. The van der Waals surface area contributed by atoms with Gasteiger partial charge >= 0.3 is 0 Å². The molecule has 0 radical (unpaired) electrons. The molecule has 3 heteroatoms. The molecule has 0 unspecified atom stereocenters. The number of nitrogens with zero attached hydrogens (tertiary/aromatic N) is 1. The number of ether oxygens (including phenoxy) is 1. The van der Waals surface area contributed by atoms with E-state index in [1.54, 1.807) is 7.11 Å². The Bertz CT molecular complexity index is 373. The van der Waals surface area contributed by atoms with Gasteiger partial charge in [0.15, 0.2) is 0 Å². The molecule has 1 saturated heterocycles. The van der Waals surface area contributed by atoms with Gasteiger partial charge in [-0.2, -0.15) is 0 Å². The van der Waals surface area contributed by atoms with E-state index in [4.69, 9.17) is 4.74 Å². The quantitative estimate of drug-likeness (QED) is 0.781. The number of hydrogen-bond donors (Lipinski definition) is 1. The van der Waals surface area contributed by atoms with E-state index >= 15 is 0 Å². The molecule has 2 rings (SSSR count). The van der Waals surface area contributed by atoms with Gasteiger partial charge in [-0.25, -0.2) is 0 Å². The maximum Gasteiger partial charge on any atom is 0.121 e. The van der Waals surface area contributed by atoms with Crippen LogP contribution in [0.5, 0.6) is 5.75 Å². The smallest absolute Gasteiger partial charge is 0.121 e. The van der Waals surface area contributed by atoms with Crippen LogP contribution < -0.4 is 10.1 Å². The van der Waals surface area contributed by atoms with E-state index in [1.807, 2.05) is 6.07 Å². The van der Waals surface area contributed by atoms with Gasteiger partial charge in [0, 0.05) is 19.6 Å². The topological polar surface area (TPSA) is 24.5 Å². The number of rotatable bonds is 6. The van der Waals surface area contributed by atoms with E-state index in [0.29, 0.717) is 0 Å². The molecule has 1 aromatic rings. The van der Waals surface area contributed by atoms with Crippen LogP contribution in [0.3, 0.4) is 0 Å². The van der Waals surface area contributed by atoms with Gasteiger partial charge in [0.2, 0.25) is 0 Å². The Morgan fingerprint density at radius 2 is 2.06 bits per heavy atom. The fourth-order valence-corrected chi connectivity index (χ4v) is 2.53. The summed E-state index contributed by atoms with van der Waals surface area (Å²) >= 11 is 0. The zero-order valence-corrected chi connectivity index (χ0v) is 11.5. The first-order valence-electron chi connectivity index (χ1n) is 6.86. The molecule has 0 saturated carbocycles. The Kier molecular flexibility index (Phi) is 5.02. The predicted octanol–water partition coefficient (Wildman–Crippen LogP) is 2.19. The number of benzene rings is 1. The van der Waals surface area contributed by atoms with Crippen molar-refractivity contribution in [3.8, 4) is 5.75 Å². The van der Waals surface area contributed by atoms with Gasteiger partial charge in [-0.3, -0.25) is 0 Å². The van der Waals surface area contributed by atoms with Crippen LogP contribution in [-0.4, -0.2) is 38.2 Å². The van der Waals surface area contributed by atoms with E-state index in [1.165, 1.54) is 43.6 Å². The summed E-state index contributed by atoms with van der Waals surface area (Å²) in [4.78, 5) is 2.53. The highest BCUT2D eigenvalue weighted by Crippen LogP contribution is 2.18. The number of hydrogen-bond acceptors (Lipinski definition) is 3. The third-order valence-electron chi connectivity index (χ3n) is 3.59. The number of methoxy groups -OCH3 is 1. The highest BCUT2D eigenvalue weighted by molar-refractivity contribution is 5.36. The highest BCUT2D eigenvalue weighted by Gasteiger charge is 2.09. The zero-order chi connectivity index (χ0) is 12.8. The Labute approximate surface area is 110 Å². The Morgan fingerprint density at radius 3 is 2.72 bits per heavy atom. The van der Waals surface area contributed by atoms with Crippen molar-refractivity contribution in [3.05, 3.63) is 29.3 Å². The molecule has 18 heavy (non-hydrogen) atoms. The van der Waals surface area contributed by atoms with Gasteiger partial charge in [-0.05, 0) is 50.0 Å². The lowest BCUT2D eigenvalue weighted by Gasteiger charge is -2.15. The van der Waals surface area contributed by atoms with Gasteiger partial charge in [-0.15, -0.1) is 0 Å². The molecule has 1 aliphatic rings. The van der Waals surface area contributed by atoms with Gasteiger partial charge in [0.05, 0.1) is 7.11 Å². The first-order chi connectivity index (χ1) is 8.79. The van der Waals surface area contributed by atoms with E-state index in [9.17, 15) is 0 Å². The minimum absolute atomic E-state index is 0.943. The standard InChI is InChI=1S/C15H24N2O/c1-13-11-14(5-6-15(13)18-2)12-16-7-10-17-8-3-4-9-17/h5-6,11,16H,3-4,7-10,12H2,1-2H3. The minimum atomic E-state index is 0.943. The summed E-state index contributed by atoms with van der Waals surface area (Å²) in [7, 11) is 1.72. The monoisotopic (exact) mass is 248 g/mol. The summed E-state index contributed by atoms with van der Waals surface area (Å²) in [6.07, 6.45) is 2.75. The molecule has 0 aromatic heterocycles. The first kappa shape index (κ1) is 13.4. The fourth-order valence-electron chi connectivity index (χ4n) is 2.53. The number of aryl methyl sites for hydroxylation is 1. The van der Waals surface area contributed by atoms with Crippen LogP contribution in [0.4, 0.5) is 0 Å². The lowest BCUT2D eigenvalue weighted by atomic mass is 10.1. The molecule has 1 fully saturated rings. The normalized spacial score (nSPS) is 16.1. The van der Waals surface area contributed by atoms with Crippen molar-refractivity contribution in [2.75, 3.05) is 33.3 Å². The molecule has 1 N–H and O–H groups in total. The Balaban J connectivity index is 1.71. The van der Waals surface area contributed by atoms with Gasteiger partial charge in [0.1, 0.15) is 5.75 Å². The lowest BCUT2D eigenvalue weighted by Crippen LogP contribution is -2.29. The highest BCUT2D eigenvalue weighted by atomic mass is 16.5. The third-order valence-corrected chi connectivity index (χ3v) is 3.59. The molecular weight excluding hydrogens is 224 g/mol. The zero-order valence-electron chi connectivity index (χ0n) is 11.5. The molecule has 0 bridgehead atoms. The van der Waals surface area contributed by atoms with Crippen molar-refractivity contribution in [2.24, 2.45) is 0 Å². The average Bonchev–Trinajstić information content (AvgIpc) is 2.88. The van der Waals surface area contributed by atoms with Crippen LogP contribution in [0.1, 0.15) is 24.0 Å². The fraction of sp³-hybridized carbons (Fsp3) is 0.600. The summed E-state index contributed by atoms with van der Waals surface area (Å²) in [5.41, 5.74) is 2.53. The summed E-state index contributed by atoms with van der Waals surface area (Å²) in [6, 6.07) is 6.38. The molecule has 0 spiro atoms. The second-order valence-electron chi connectivity index (χ2n) is 5.03. The van der Waals surface area contributed by atoms with Crippen molar-refractivity contribution in [2.45, 2.75) is 26.3 Å². The third kappa shape index (κ3) is 3.72. The van der Waals surface area contributed by atoms with Crippen LogP contribution in [0.25, 0.3) is 0 Å². The molecule has 0 atom stereocenters. The Morgan fingerprint density at radius 1 is 1.28 bits per heavy atom. The number of nitrogens with one attached hydrogen (secondary N) is 1. The second kappa shape index (κ2) is 6.76. The molecule has 1 aliphatic heterocycles. The van der Waals surface area contributed by atoms with Gasteiger partial charge < -0.3 is 15.0 Å². The van der Waals surface area contributed by atoms with Crippen LogP contribution in [-0.2, 0) is 6.54 Å². The van der Waals surface area contributed by atoms with Crippen LogP contribution in [0.15, 0.2) is 18.2 Å². The maximum absolute atomic E-state index is 5.27. The molecule has 1 heterocycles.